The molecule has 1 aromatic rings. The summed E-state index contributed by atoms with van der Waals surface area (Å²) in [7, 11) is 0. The fraction of sp³-hybridized carbons (Fsp3) is 0.364. The molecule has 0 aliphatic carbocycles. The van der Waals surface area contributed by atoms with E-state index >= 15 is 0 Å². The van der Waals surface area contributed by atoms with Crippen molar-refractivity contribution in [2.45, 2.75) is 25.7 Å². The fourth-order valence-corrected chi connectivity index (χ4v) is 1.43. The van der Waals surface area contributed by atoms with Gasteiger partial charge >= 0.3 is 18.9 Å². The molecule has 0 fully saturated rings. The molecule has 1 atom stereocenters. The predicted octanol–water partition coefficient (Wildman–Crippen LogP) is -1.54. The number of carbonyl (C=O) groups excluding carboxylic acids is 1. The largest absolute Gasteiger partial charge is 1.00 e. The van der Waals surface area contributed by atoms with Crippen LogP contribution >= 0.6 is 0 Å². The maximum Gasteiger partial charge on any atom is 1.00 e. The molecule has 1 aromatic carbocycles. The van der Waals surface area contributed by atoms with Gasteiger partial charge in [-0.25, -0.2) is 4.39 Å². The molecule has 0 amide bonds. The number of halogens is 1. The molecule has 0 saturated heterocycles. The van der Waals surface area contributed by atoms with Crippen LogP contribution in [0.3, 0.4) is 0 Å². The quantitative estimate of drug-likeness (QED) is 0.555. The predicted molar refractivity (Wildman–Crippen MR) is 49.1 cm³/mol. The van der Waals surface area contributed by atoms with E-state index in [0.717, 1.165) is 6.42 Å². The molecule has 0 aliphatic rings. The van der Waals surface area contributed by atoms with Crippen molar-refractivity contribution >= 4 is 5.97 Å². The Labute approximate surface area is 101 Å². The van der Waals surface area contributed by atoms with Crippen LogP contribution in [-0.2, 0) is 4.79 Å². The average molecular weight is 202 g/mol. The monoisotopic (exact) mass is 202 g/mol. The maximum atomic E-state index is 12.8. The number of carbonyl (C=O) groups is 1. The van der Waals surface area contributed by atoms with Crippen molar-refractivity contribution in [3.8, 4) is 0 Å². The second-order valence-electron chi connectivity index (χ2n) is 3.22. The van der Waals surface area contributed by atoms with Gasteiger partial charge in [-0.15, -0.1) is 0 Å². The zero-order valence-corrected chi connectivity index (χ0v) is 9.00. The summed E-state index contributed by atoms with van der Waals surface area (Å²) in [6, 6.07) is 5.66. The summed E-state index contributed by atoms with van der Waals surface area (Å²) < 4.78 is 12.8. The summed E-state index contributed by atoms with van der Waals surface area (Å²) in [5, 5.41) is 10.8. The topological polar surface area (TPSA) is 40.1 Å². The van der Waals surface area contributed by atoms with E-state index in [-0.39, 0.29) is 18.9 Å². The molecule has 0 N–H and O–H groups in total. The van der Waals surface area contributed by atoms with Crippen LogP contribution in [0.25, 0.3) is 0 Å². The van der Waals surface area contributed by atoms with E-state index in [1.807, 2.05) is 6.92 Å². The van der Waals surface area contributed by atoms with Gasteiger partial charge in [-0.2, -0.15) is 0 Å². The van der Waals surface area contributed by atoms with Gasteiger partial charge in [0.15, 0.2) is 0 Å². The van der Waals surface area contributed by atoms with E-state index in [9.17, 15) is 14.3 Å². The van der Waals surface area contributed by atoms with Gasteiger partial charge in [0.2, 0.25) is 0 Å². The Bertz CT molecular complexity index is 328. The first-order valence-electron chi connectivity index (χ1n) is 4.61. The van der Waals surface area contributed by atoms with E-state index in [2.05, 4.69) is 0 Å². The van der Waals surface area contributed by atoms with E-state index in [1.165, 1.54) is 18.2 Å². The zero-order chi connectivity index (χ0) is 10.6. The summed E-state index contributed by atoms with van der Waals surface area (Å²) in [4.78, 5) is 10.8. The molecule has 4 heteroatoms. The van der Waals surface area contributed by atoms with Gasteiger partial charge in [-0.3, -0.25) is 0 Å². The fourth-order valence-electron chi connectivity index (χ4n) is 1.43. The van der Waals surface area contributed by atoms with Gasteiger partial charge in [-0.05, 0) is 24.1 Å². The normalized spacial score (nSPS) is 11.6. The molecule has 76 valence electrons. The maximum absolute atomic E-state index is 12.8. The van der Waals surface area contributed by atoms with Crippen molar-refractivity contribution in [3.63, 3.8) is 0 Å². The van der Waals surface area contributed by atoms with Gasteiger partial charge in [-0.1, -0.05) is 25.5 Å². The SMILES string of the molecule is CCCC(C(=O)[O-])c1cccc(F)c1.[Li+]. The van der Waals surface area contributed by atoms with Crippen molar-refractivity contribution in [1.29, 1.82) is 0 Å². The van der Waals surface area contributed by atoms with E-state index in [4.69, 9.17) is 0 Å². The third-order valence-corrected chi connectivity index (χ3v) is 2.11. The Hall–Kier alpha value is -0.783. The van der Waals surface area contributed by atoms with Crippen LogP contribution < -0.4 is 24.0 Å². The number of carboxylic acid groups (broad SMARTS) is 1. The standard InChI is InChI=1S/C11H13FO2.Li/c1-2-4-10(11(13)14)8-5-3-6-9(12)7-8;/h3,5-7,10H,2,4H2,1H3,(H,13,14);/q;+1/p-1. The van der Waals surface area contributed by atoms with Crippen LogP contribution in [0, 0.1) is 5.82 Å². The van der Waals surface area contributed by atoms with Gasteiger partial charge in [0, 0.05) is 11.9 Å². The Morgan fingerprint density at radius 1 is 1.53 bits per heavy atom. The first-order chi connectivity index (χ1) is 6.65. The van der Waals surface area contributed by atoms with E-state index < -0.39 is 17.7 Å². The van der Waals surface area contributed by atoms with Crippen molar-refractivity contribution < 1.29 is 33.2 Å². The third-order valence-electron chi connectivity index (χ3n) is 2.11. The minimum Gasteiger partial charge on any atom is -0.549 e. The number of carboxylic acids is 1. The number of hydrogen-bond acceptors (Lipinski definition) is 2. The molecular formula is C11H12FLiO2. The number of hydrogen-bond donors (Lipinski definition) is 0. The van der Waals surface area contributed by atoms with Gasteiger partial charge in [0.25, 0.3) is 0 Å². The Morgan fingerprint density at radius 3 is 2.67 bits per heavy atom. The van der Waals surface area contributed by atoms with Crippen molar-refractivity contribution in [3.05, 3.63) is 35.6 Å². The summed E-state index contributed by atoms with van der Waals surface area (Å²) in [5.74, 6) is -2.25. The average Bonchev–Trinajstić information content (AvgIpc) is 2.13. The Morgan fingerprint density at radius 2 is 2.20 bits per heavy atom. The zero-order valence-electron chi connectivity index (χ0n) is 9.00. The molecule has 1 rings (SSSR count). The second kappa shape index (κ2) is 6.66. The third kappa shape index (κ3) is 4.07. The summed E-state index contributed by atoms with van der Waals surface area (Å²) in [5.41, 5.74) is 0.479. The minimum absolute atomic E-state index is 0. The Balaban J connectivity index is 0.00000196. The summed E-state index contributed by atoms with van der Waals surface area (Å²) in [6.07, 6.45) is 1.21. The van der Waals surface area contributed by atoms with Crippen LogP contribution in [0.5, 0.6) is 0 Å². The minimum atomic E-state index is -1.14. The van der Waals surface area contributed by atoms with Crippen LogP contribution in [0.1, 0.15) is 31.2 Å². The molecule has 0 saturated carbocycles. The molecule has 0 radical (unpaired) electrons. The molecule has 0 spiro atoms. The molecule has 0 bridgehead atoms. The van der Waals surface area contributed by atoms with E-state index in [0.29, 0.717) is 12.0 Å². The van der Waals surface area contributed by atoms with Gasteiger partial charge < -0.3 is 9.90 Å². The molecular weight excluding hydrogens is 190 g/mol. The summed E-state index contributed by atoms with van der Waals surface area (Å²) >= 11 is 0. The van der Waals surface area contributed by atoms with Crippen LogP contribution in [0.15, 0.2) is 24.3 Å². The molecule has 0 aromatic heterocycles. The number of benzene rings is 1. The van der Waals surface area contributed by atoms with Crippen molar-refractivity contribution in [2.24, 2.45) is 0 Å². The van der Waals surface area contributed by atoms with Crippen LogP contribution in [0.4, 0.5) is 4.39 Å². The van der Waals surface area contributed by atoms with Crippen molar-refractivity contribution in [1.82, 2.24) is 0 Å². The van der Waals surface area contributed by atoms with Gasteiger partial charge in [0.1, 0.15) is 5.82 Å². The molecule has 1 unspecified atom stereocenters. The van der Waals surface area contributed by atoms with E-state index in [1.54, 1.807) is 6.07 Å². The molecule has 2 nitrogen and oxygen atoms in total. The number of rotatable bonds is 4. The molecule has 0 heterocycles. The smallest absolute Gasteiger partial charge is 0.549 e. The van der Waals surface area contributed by atoms with Crippen molar-refractivity contribution in [2.75, 3.05) is 0 Å². The molecule has 15 heavy (non-hydrogen) atoms. The number of aliphatic carboxylic acids is 1. The second-order valence-corrected chi connectivity index (χ2v) is 3.22. The summed E-state index contributed by atoms with van der Waals surface area (Å²) in [6.45, 7) is 1.88. The Kier molecular flexibility index (Phi) is 6.31. The van der Waals surface area contributed by atoms with Crippen LogP contribution in [0.2, 0.25) is 0 Å². The first kappa shape index (κ1) is 14.2. The first-order valence-corrected chi connectivity index (χ1v) is 4.61. The van der Waals surface area contributed by atoms with Gasteiger partial charge in [0.05, 0.1) is 0 Å². The van der Waals surface area contributed by atoms with Crippen LogP contribution in [-0.4, -0.2) is 5.97 Å². The molecule has 0 aliphatic heterocycles.